The average molecular weight is 427 g/mol. The number of rotatable bonds is 7. The van der Waals surface area contributed by atoms with Crippen molar-refractivity contribution in [3.05, 3.63) is 54.1 Å². The van der Waals surface area contributed by atoms with Crippen molar-refractivity contribution in [2.75, 3.05) is 17.7 Å². The number of benzene rings is 2. The molecule has 2 aromatic carbocycles. The highest BCUT2D eigenvalue weighted by Gasteiger charge is 2.25. The second-order valence-corrected chi connectivity index (χ2v) is 8.09. The fourth-order valence-electron chi connectivity index (χ4n) is 2.70. The number of hydrogen-bond acceptors (Lipinski definition) is 8. The summed E-state index contributed by atoms with van der Waals surface area (Å²) >= 11 is 2.62. The van der Waals surface area contributed by atoms with Crippen molar-refractivity contribution in [3.8, 4) is 5.75 Å². The smallest absolute Gasteiger partial charge is 0.244 e. The minimum atomic E-state index is -0.558. The Morgan fingerprint density at radius 2 is 2.10 bits per heavy atom. The second kappa shape index (κ2) is 8.50. The van der Waals surface area contributed by atoms with E-state index in [2.05, 4.69) is 25.5 Å². The molecule has 8 nitrogen and oxygen atoms in total. The lowest BCUT2D eigenvalue weighted by Gasteiger charge is -2.14. The number of H-pyrrole nitrogens is 1. The van der Waals surface area contributed by atoms with Gasteiger partial charge in [-0.2, -0.15) is 4.98 Å². The topological polar surface area (TPSA) is 119 Å². The molecule has 0 aliphatic rings. The van der Waals surface area contributed by atoms with Crippen LogP contribution in [0.15, 0.2) is 53.7 Å². The quantitative estimate of drug-likeness (QED) is 0.384. The van der Waals surface area contributed by atoms with Gasteiger partial charge < -0.3 is 15.8 Å². The van der Waals surface area contributed by atoms with E-state index >= 15 is 0 Å². The number of nitrogens with two attached hydrogens (primary N) is 1. The van der Waals surface area contributed by atoms with E-state index in [0.717, 1.165) is 21.5 Å². The van der Waals surface area contributed by atoms with E-state index < -0.39 is 5.25 Å². The molecule has 0 radical (unpaired) electrons. The van der Waals surface area contributed by atoms with Gasteiger partial charge in [-0.15, -0.1) is 5.10 Å². The molecule has 4 N–H and O–H groups in total. The summed E-state index contributed by atoms with van der Waals surface area (Å²) in [6, 6.07) is 15.1. The van der Waals surface area contributed by atoms with Gasteiger partial charge in [0, 0.05) is 0 Å². The molecule has 10 heteroatoms. The number of nitrogens with zero attached hydrogens (tertiary/aromatic N) is 3. The van der Waals surface area contributed by atoms with Crippen LogP contribution in [-0.2, 0) is 4.79 Å². The summed E-state index contributed by atoms with van der Waals surface area (Å²) in [5.74, 6) is 0.770. The van der Waals surface area contributed by atoms with Gasteiger partial charge >= 0.3 is 0 Å². The van der Waals surface area contributed by atoms with E-state index in [1.807, 2.05) is 55.5 Å². The summed E-state index contributed by atoms with van der Waals surface area (Å²) < 4.78 is 6.47. The van der Waals surface area contributed by atoms with Crippen LogP contribution in [0.1, 0.15) is 17.7 Å². The number of nitrogens with one attached hydrogen (secondary N) is 2. The molecule has 2 heterocycles. The van der Waals surface area contributed by atoms with Gasteiger partial charge in [-0.1, -0.05) is 53.4 Å². The Balaban J connectivity index is 1.58. The van der Waals surface area contributed by atoms with Gasteiger partial charge in [0.25, 0.3) is 0 Å². The Hall–Kier alpha value is -3.11. The molecule has 4 aromatic rings. The maximum absolute atomic E-state index is 13.1. The zero-order valence-corrected chi connectivity index (χ0v) is 17.1. The van der Waals surface area contributed by atoms with E-state index in [1.165, 1.54) is 23.1 Å². The Morgan fingerprint density at radius 1 is 1.28 bits per heavy atom. The predicted molar refractivity (Wildman–Crippen MR) is 115 cm³/mol. The number of amides is 1. The van der Waals surface area contributed by atoms with Gasteiger partial charge in [-0.05, 0) is 30.7 Å². The molecule has 148 valence electrons. The molecular weight excluding hydrogens is 408 g/mol. The van der Waals surface area contributed by atoms with Crippen molar-refractivity contribution >= 4 is 50.3 Å². The van der Waals surface area contributed by atoms with E-state index in [9.17, 15) is 4.79 Å². The van der Waals surface area contributed by atoms with Crippen LogP contribution in [0.3, 0.4) is 0 Å². The normalized spacial score (nSPS) is 12.0. The standard InChI is InChI=1S/C19H18N6O2S2/c1-2-27-12-8-9-13-14(10-12)28-18(21-13)22-16(26)15(11-6-4-3-5-7-11)29-19-23-17(20)24-25-19/h3-10,15H,2H2,1H3,(H,21,22,26)(H3,20,23,24,25). The molecule has 0 fully saturated rings. The molecule has 0 bridgehead atoms. The number of aromatic nitrogens is 4. The number of aromatic amines is 1. The third kappa shape index (κ3) is 4.49. The summed E-state index contributed by atoms with van der Waals surface area (Å²) in [6.07, 6.45) is 0. The van der Waals surface area contributed by atoms with Crippen LogP contribution in [0.2, 0.25) is 0 Å². The van der Waals surface area contributed by atoms with Crippen LogP contribution in [0.25, 0.3) is 10.2 Å². The maximum Gasteiger partial charge on any atom is 0.244 e. The largest absolute Gasteiger partial charge is 0.494 e. The predicted octanol–water partition coefficient (Wildman–Crippen LogP) is 3.87. The Kier molecular flexibility index (Phi) is 5.63. The van der Waals surface area contributed by atoms with Crippen molar-refractivity contribution in [2.45, 2.75) is 17.3 Å². The summed E-state index contributed by atoms with van der Waals surface area (Å²) in [5.41, 5.74) is 7.24. The first kappa shape index (κ1) is 19.2. The molecule has 1 unspecified atom stereocenters. The van der Waals surface area contributed by atoms with Gasteiger partial charge in [0.05, 0.1) is 16.8 Å². The highest BCUT2D eigenvalue weighted by molar-refractivity contribution is 8.00. The van der Waals surface area contributed by atoms with E-state index in [1.54, 1.807) is 0 Å². The van der Waals surface area contributed by atoms with Crippen LogP contribution >= 0.6 is 23.1 Å². The molecule has 0 aliphatic carbocycles. The van der Waals surface area contributed by atoms with Gasteiger partial charge in [0.15, 0.2) is 5.13 Å². The first-order valence-corrected chi connectivity index (χ1v) is 10.6. The van der Waals surface area contributed by atoms with Crippen molar-refractivity contribution in [1.82, 2.24) is 20.2 Å². The van der Waals surface area contributed by atoms with Gasteiger partial charge in [-0.3, -0.25) is 4.79 Å². The number of nitrogen functional groups attached to an aromatic ring is 1. The lowest BCUT2D eigenvalue weighted by Crippen LogP contribution is -2.19. The third-order valence-electron chi connectivity index (χ3n) is 3.95. The van der Waals surface area contributed by atoms with E-state index in [0.29, 0.717) is 16.9 Å². The highest BCUT2D eigenvalue weighted by Crippen LogP contribution is 2.36. The SMILES string of the molecule is CCOc1ccc2nc(NC(=O)C(Sc3n[nH]c(N)n3)c3ccccc3)sc2c1. The van der Waals surface area contributed by atoms with Crippen LogP contribution in [0.5, 0.6) is 5.75 Å². The zero-order valence-electron chi connectivity index (χ0n) is 15.5. The summed E-state index contributed by atoms with van der Waals surface area (Å²) in [6.45, 7) is 2.53. The number of hydrogen-bond donors (Lipinski definition) is 3. The summed E-state index contributed by atoms with van der Waals surface area (Å²) in [4.78, 5) is 21.7. The molecule has 1 amide bonds. The first-order chi connectivity index (χ1) is 14.1. The zero-order chi connectivity index (χ0) is 20.2. The number of carbonyl (C=O) groups is 1. The molecule has 1 atom stereocenters. The minimum Gasteiger partial charge on any atom is -0.494 e. The van der Waals surface area contributed by atoms with Crippen LogP contribution < -0.4 is 15.8 Å². The Labute approximate surface area is 174 Å². The summed E-state index contributed by atoms with van der Waals surface area (Å²) in [7, 11) is 0. The molecule has 4 rings (SSSR count). The molecule has 0 saturated heterocycles. The molecular formula is C19H18N6O2S2. The van der Waals surface area contributed by atoms with Crippen LogP contribution in [0, 0.1) is 0 Å². The number of thiazole rings is 1. The van der Waals surface area contributed by atoms with E-state index in [-0.39, 0.29) is 11.9 Å². The van der Waals surface area contributed by atoms with Crippen LogP contribution in [-0.4, -0.2) is 32.7 Å². The Bertz CT molecular complexity index is 1130. The maximum atomic E-state index is 13.1. The second-order valence-electron chi connectivity index (χ2n) is 5.98. The van der Waals surface area contributed by atoms with Crippen LogP contribution in [0.4, 0.5) is 11.1 Å². The fourth-order valence-corrected chi connectivity index (χ4v) is 4.52. The average Bonchev–Trinajstić information content (AvgIpc) is 3.31. The molecule has 2 aromatic heterocycles. The number of ether oxygens (including phenoxy) is 1. The van der Waals surface area contributed by atoms with Crippen molar-refractivity contribution in [3.63, 3.8) is 0 Å². The molecule has 0 saturated carbocycles. The molecule has 0 spiro atoms. The summed E-state index contributed by atoms with van der Waals surface area (Å²) in [5, 5.41) is 9.90. The Morgan fingerprint density at radius 3 is 2.83 bits per heavy atom. The fraction of sp³-hybridized carbons (Fsp3) is 0.158. The van der Waals surface area contributed by atoms with Crippen molar-refractivity contribution in [1.29, 1.82) is 0 Å². The van der Waals surface area contributed by atoms with Crippen molar-refractivity contribution < 1.29 is 9.53 Å². The van der Waals surface area contributed by atoms with Gasteiger partial charge in [0.1, 0.15) is 11.0 Å². The number of carbonyl (C=O) groups excluding carboxylic acids is 1. The number of thioether (sulfide) groups is 1. The van der Waals surface area contributed by atoms with Gasteiger partial charge in [0.2, 0.25) is 17.0 Å². The van der Waals surface area contributed by atoms with Gasteiger partial charge in [-0.25, -0.2) is 10.1 Å². The monoisotopic (exact) mass is 426 g/mol. The number of anilines is 2. The minimum absolute atomic E-state index is 0.205. The lowest BCUT2D eigenvalue weighted by molar-refractivity contribution is -0.115. The first-order valence-electron chi connectivity index (χ1n) is 8.86. The van der Waals surface area contributed by atoms with E-state index in [4.69, 9.17) is 10.5 Å². The van der Waals surface area contributed by atoms with Crippen molar-refractivity contribution in [2.24, 2.45) is 0 Å². The highest BCUT2D eigenvalue weighted by atomic mass is 32.2. The molecule has 0 aliphatic heterocycles. The lowest BCUT2D eigenvalue weighted by atomic mass is 10.1. The number of fused-ring (bicyclic) bond motifs is 1. The third-order valence-corrected chi connectivity index (χ3v) is 6.00. The molecule has 29 heavy (non-hydrogen) atoms.